The lowest BCUT2D eigenvalue weighted by Crippen LogP contribution is -2.41. The van der Waals surface area contributed by atoms with E-state index >= 15 is 0 Å². The molecule has 6 N–H and O–H groups in total. The van der Waals surface area contributed by atoms with Gasteiger partial charge in [-0.2, -0.15) is 0 Å². The van der Waals surface area contributed by atoms with Gasteiger partial charge in [-0.15, -0.1) is 11.3 Å². The van der Waals surface area contributed by atoms with E-state index in [0.717, 1.165) is 16.0 Å². The summed E-state index contributed by atoms with van der Waals surface area (Å²) in [5.41, 5.74) is 15.6. The molecule has 1 heterocycles. The summed E-state index contributed by atoms with van der Waals surface area (Å²) in [6.45, 7) is 1.94. The van der Waals surface area contributed by atoms with Crippen molar-refractivity contribution in [2.24, 2.45) is 11.7 Å². The third-order valence-electron chi connectivity index (χ3n) is 4.85. The topological polar surface area (TPSA) is 110 Å². The number of nitrogens with two attached hydrogens (primary N) is 2. The molecule has 146 valence electrons. The molecule has 6 nitrogen and oxygen atoms in total. The van der Waals surface area contributed by atoms with Gasteiger partial charge < -0.3 is 22.1 Å². The summed E-state index contributed by atoms with van der Waals surface area (Å²) < 4.78 is 0. The largest absolute Gasteiger partial charge is 0.397 e. The molecule has 0 fully saturated rings. The third-order valence-corrected chi connectivity index (χ3v) is 5.77. The Morgan fingerprint density at radius 3 is 2.68 bits per heavy atom. The predicted molar refractivity (Wildman–Crippen MR) is 115 cm³/mol. The predicted octanol–water partition coefficient (Wildman–Crippen LogP) is 2.90. The zero-order chi connectivity index (χ0) is 20.3. The van der Waals surface area contributed by atoms with Crippen LogP contribution in [0.5, 0.6) is 0 Å². The summed E-state index contributed by atoms with van der Waals surface area (Å²) in [6, 6.07) is 8.92. The third kappa shape index (κ3) is 4.16. The van der Waals surface area contributed by atoms with Crippen LogP contribution in [0.1, 0.15) is 13.3 Å². The fourth-order valence-corrected chi connectivity index (χ4v) is 3.93. The zero-order valence-electron chi connectivity index (χ0n) is 15.9. The van der Waals surface area contributed by atoms with Crippen molar-refractivity contribution in [3.8, 4) is 10.4 Å². The van der Waals surface area contributed by atoms with Crippen molar-refractivity contribution in [1.29, 1.82) is 0 Å². The van der Waals surface area contributed by atoms with E-state index in [1.54, 1.807) is 36.6 Å². The first kappa shape index (κ1) is 19.9. The Labute approximate surface area is 168 Å². The van der Waals surface area contributed by atoms with Crippen LogP contribution in [-0.4, -0.2) is 24.9 Å². The van der Waals surface area contributed by atoms with Gasteiger partial charge in [0.25, 0.3) is 5.91 Å². The maximum absolute atomic E-state index is 12.8. The molecule has 1 aliphatic carbocycles. The van der Waals surface area contributed by atoms with Gasteiger partial charge >= 0.3 is 0 Å². The number of nitrogen functional groups attached to an aromatic ring is 1. The number of anilines is 2. The maximum Gasteiger partial charge on any atom is 0.251 e. The van der Waals surface area contributed by atoms with Crippen LogP contribution in [0.2, 0.25) is 0 Å². The van der Waals surface area contributed by atoms with E-state index in [2.05, 4.69) is 10.6 Å². The van der Waals surface area contributed by atoms with Gasteiger partial charge in [-0.3, -0.25) is 9.59 Å². The molecule has 1 aromatic heterocycles. The minimum Gasteiger partial charge on any atom is -0.397 e. The van der Waals surface area contributed by atoms with Gasteiger partial charge in [-0.25, -0.2) is 0 Å². The minimum absolute atomic E-state index is 0.0580. The molecule has 1 aliphatic rings. The Bertz CT molecular complexity index is 947. The van der Waals surface area contributed by atoms with E-state index in [1.165, 1.54) is 0 Å². The summed E-state index contributed by atoms with van der Waals surface area (Å²) in [5, 5.41) is 7.48. The molecule has 1 unspecified atom stereocenters. The minimum atomic E-state index is -0.702. The number of rotatable bonds is 5. The molecule has 1 aromatic carbocycles. The second-order valence-corrected chi connectivity index (χ2v) is 7.74. The van der Waals surface area contributed by atoms with E-state index in [0.29, 0.717) is 23.4 Å². The average molecular weight is 397 g/mol. The number of allylic oxidation sites excluding steroid dienone is 2. The molecule has 0 spiro atoms. The fraction of sp³-hybridized carbons (Fsp3) is 0.238. The molecule has 2 aromatic rings. The lowest BCUT2D eigenvalue weighted by atomic mass is 9.85. The Morgan fingerprint density at radius 1 is 1.25 bits per heavy atom. The summed E-state index contributed by atoms with van der Waals surface area (Å²) >= 11 is 1.63. The molecule has 0 saturated heterocycles. The van der Waals surface area contributed by atoms with Gasteiger partial charge in [0.1, 0.15) is 6.04 Å². The molecule has 0 saturated carbocycles. The zero-order valence-corrected chi connectivity index (χ0v) is 16.7. The second kappa shape index (κ2) is 8.41. The molecule has 7 heteroatoms. The van der Waals surface area contributed by atoms with E-state index in [9.17, 15) is 9.59 Å². The van der Waals surface area contributed by atoms with Crippen LogP contribution in [0.15, 0.2) is 59.0 Å². The first-order valence-electron chi connectivity index (χ1n) is 9.03. The lowest BCUT2D eigenvalue weighted by Gasteiger charge is -2.24. The van der Waals surface area contributed by atoms with Crippen LogP contribution < -0.4 is 22.1 Å². The van der Waals surface area contributed by atoms with Crippen LogP contribution >= 0.6 is 11.3 Å². The van der Waals surface area contributed by atoms with Crippen LogP contribution in [-0.2, 0) is 9.59 Å². The lowest BCUT2D eigenvalue weighted by molar-refractivity contribution is -0.121. The highest BCUT2D eigenvalue weighted by atomic mass is 32.1. The number of nitrogens with one attached hydrogen (secondary N) is 2. The Hall–Kier alpha value is -2.90. The first-order valence-corrected chi connectivity index (χ1v) is 9.91. The Balaban J connectivity index is 1.80. The van der Waals surface area contributed by atoms with Crippen molar-refractivity contribution in [2.45, 2.75) is 19.4 Å². The number of likely N-dealkylation sites (N-methyl/N-ethyl adjacent to an activating group) is 1. The molecule has 0 aliphatic heterocycles. The average Bonchev–Trinajstić information content (AvgIpc) is 3.23. The van der Waals surface area contributed by atoms with Gasteiger partial charge in [0.2, 0.25) is 5.91 Å². The summed E-state index contributed by atoms with van der Waals surface area (Å²) in [5.74, 6) is -0.498. The van der Waals surface area contributed by atoms with Crippen molar-refractivity contribution in [2.75, 3.05) is 18.1 Å². The smallest absolute Gasteiger partial charge is 0.251 e. The first-order chi connectivity index (χ1) is 13.4. The van der Waals surface area contributed by atoms with E-state index in [4.69, 9.17) is 11.5 Å². The molecule has 2 amide bonds. The van der Waals surface area contributed by atoms with Crippen LogP contribution in [0.3, 0.4) is 0 Å². The molecular weight excluding hydrogens is 372 g/mol. The highest BCUT2D eigenvalue weighted by Gasteiger charge is 2.26. The van der Waals surface area contributed by atoms with E-state index in [-0.39, 0.29) is 17.7 Å². The SMILES string of the molecule is CNC(=O)[C@@H](N)C1=CC=C(C(=O)Nc2cc(-c3cccs3)ccc2N)C(C)C1. The Morgan fingerprint density at radius 2 is 2.04 bits per heavy atom. The van der Waals surface area contributed by atoms with E-state index in [1.807, 2.05) is 36.6 Å². The van der Waals surface area contributed by atoms with Crippen molar-refractivity contribution in [3.63, 3.8) is 0 Å². The molecule has 3 rings (SSSR count). The van der Waals surface area contributed by atoms with Crippen molar-refractivity contribution >= 4 is 34.5 Å². The summed E-state index contributed by atoms with van der Waals surface area (Å²) in [6.07, 6.45) is 4.06. The van der Waals surface area contributed by atoms with Gasteiger partial charge in [0, 0.05) is 17.5 Å². The van der Waals surface area contributed by atoms with Gasteiger partial charge in [0.05, 0.1) is 11.4 Å². The summed E-state index contributed by atoms with van der Waals surface area (Å²) in [4.78, 5) is 25.7. The monoisotopic (exact) mass is 396 g/mol. The fourth-order valence-electron chi connectivity index (χ4n) is 3.20. The number of hydrogen-bond donors (Lipinski definition) is 4. The highest BCUT2D eigenvalue weighted by Crippen LogP contribution is 2.32. The van der Waals surface area contributed by atoms with Crippen molar-refractivity contribution in [3.05, 3.63) is 59.0 Å². The van der Waals surface area contributed by atoms with Crippen LogP contribution in [0.4, 0.5) is 11.4 Å². The molecule has 0 bridgehead atoms. The standard InChI is InChI=1S/C21H24N4O2S/c1-12-10-14(19(23)21(27)24-2)5-7-15(12)20(26)25-17-11-13(6-8-16(17)22)18-4-3-9-28-18/h3-9,11-12,19H,10,22-23H2,1-2H3,(H,24,27)(H,25,26)/t12?,19-/m0/s1. The maximum atomic E-state index is 12.8. The highest BCUT2D eigenvalue weighted by molar-refractivity contribution is 7.13. The number of amides is 2. The number of benzene rings is 1. The molecule has 0 radical (unpaired) electrons. The van der Waals surface area contributed by atoms with Crippen molar-refractivity contribution < 1.29 is 9.59 Å². The number of hydrogen-bond acceptors (Lipinski definition) is 5. The van der Waals surface area contributed by atoms with Crippen LogP contribution in [0.25, 0.3) is 10.4 Å². The van der Waals surface area contributed by atoms with Gasteiger partial charge in [-0.05, 0) is 47.1 Å². The number of carbonyl (C=O) groups is 2. The number of thiophene rings is 1. The Kier molecular flexibility index (Phi) is 5.96. The quantitative estimate of drug-likeness (QED) is 0.582. The molecule has 28 heavy (non-hydrogen) atoms. The van der Waals surface area contributed by atoms with E-state index < -0.39 is 6.04 Å². The normalized spacial score (nSPS) is 17.3. The second-order valence-electron chi connectivity index (χ2n) is 6.79. The number of carbonyl (C=O) groups excluding carboxylic acids is 2. The van der Waals surface area contributed by atoms with Gasteiger partial charge in [0.15, 0.2) is 0 Å². The summed E-state index contributed by atoms with van der Waals surface area (Å²) in [7, 11) is 1.55. The molecular formula is C21H24N4O2S. The molecule has 2 atom stereocenters. The van der Waals surface area contributed by atoms with Gasteiger partial charge in [-0.1, -0.05) is 31.2 Å². The van der Waals surface area contributed by atoms with Crippen LogP contribution in [0, 0.1) is 5.92 Å². The van der Waals surface area contributed by atoms with Crippen molar-refractivity contribution in [1.82, 2.24) is 5.32 Å².